The van der Waals surface area contributed by atoms with Gasteiger partial charge >= 0.3 is 0 Å². The molecule has 1 aromatic carbocycles. The quantitative estimate of drug-likeness (QED) is 0.846. The summed E-state index contributed by atoms with van der Waals surface area (Å²) in [4.78, 5) is 7.00. The molecule has 0 spiro atoms. The Balaban J connectivity index is 2.09. The number of nitrogens with zero attached hydrogens (tertiary/aromatic N) is 2. The topological polar surface area (TPSA) is 42.1 Å². The Hall–Kier alpha value is -1.87. The molecule has 1 heterocycles. The number of pyridine rings is 1. The van der Waals surface area contributed by atoms with Crippen molar-refractivity contribution in [1.29, 1.82) is 0 Å². The Morgan fingerprint density at radius 2 is 1.75 bits per heavy atom. The van der Waals surface area contributed by atoms with Crippen molar-refractivity contribution in [2.75, 3.05) is 5.73 Å². The van der Waals surface area contributed by atoms with Crippen molar-refractivity contribution in [2.45, 2.75) is 39.9 Å². The molecule has 0 fully saturated rings. The van der Waals surface area contributed by atoms with Gasteiger partial charge in [-0.3, -0.25) is 9.88 Å². The smallest absolute Gasteiger partial charge is 0.0547 e. The van der Waals surface area contributed by atoms with E-state index in [9.17, 15) is 0 Å². The van der Waals surface area contributed by atoms with Crippen LogP contribution in [0.5, 0.6) is 0 Å². The average molecular weight is 269 g/mol. The van der Waals surface area contributed by atoms with Gasteiger partial charge in [0.25, 0.3) is 0 Å². The first-order valence-corrected chi connectivity index (χ1v) is 7.05. The van der Waals surface area contributed by atoms with Gasteiger partial charge in [0.1, 0.15) is 0 Å². The summed E-state index contributed by atoms with van der Waals surface area (Å²) >= 11 is 0. The van der Waals surface area contributed by atoms with Crippen molar-refractivity contribution < 1.29 is 0 Å². The highest BCUT2D eigenvalue weighted by molar-refractivity contribution is 5.39. The number of aromatic nitrogens is 1. The lowest BCUT2D eigenvalue weighted by atomic mass is 10.1. The van der Waals surface area contributed by atoms with Gasteiger partial charge in [0, 0.05) is 30.5 Å². The molecule has 0 aliphatic carbocycles. The van der Waals surface area contributed by atoms with Crippen LogP contribution in [-0.2, 0) is 13.1 Å². The zero-order chi connectivity index (χ0) is 14.5. The van der Waals surface area contributed by atoms with Gasteiger partial charge in [0.2, 0.25) is 0 Å². The van der Waals surface area contributed by atoms with Crippen LogP contribution in [0.1, 0.15) is 30.8 Å². The standard InChI is InChI=1S/C17H23N3/c1-13(2)20(11-15-7-9-16(18)10-8-15)12-17-6-4-5-14(3)19-17/h4-10,13H,11-12,18H2,1-3H3. The Labute approximate surface area is 121 Å². The number of rotatable bonds is 5. The van der Waals surface area contributed by atoms with Gasteiger partial charge in [-0.15, -0.1) is 0 Å². The van der Waals surface area contributed by atoms with E-state index in [0.29, 0.717) is 6.04 Å². The molecule has 0 atom stereocenters. The van der Waals surface area contributed by atoms with Crippen molar-refractivity contribution >= 4 is 5.69 Å². The van der Waals surface area contributed by atoms with Gasteiger partial charge in [-0.2, -0.15) is 0 Å². The molecule has 0 bridgehead atoms. The molecule has 106 valence electrons. The molecule has 20 heavy (non-hydrogen) atoms. The van der Waals surface area contributed by atoms with Crippen LogP contribution in [0.4, 0.5) is 5.69 Å². The predicted octanol–water partition coefficient (Wildman–Crippen LogP) is 3.38. The molecule has 0 aliphatic rings. The largest absolute Gasteiger partial charge is 0.399 e. The fourth-order valence-electron chi connectivity index (χ4n) is 2.17. The molecule has 0 saturated heterocycles. The Kier molecular flexibility index (Phi) is 4.74. The first kappa shape index (κ1) is 14.5. The van der Waals surface area contributed by atoms with E-state index < -0.39 is 0 Å². The maximum absolute atomic E-state index is 5.73. The minimum atomic E-state index is 0.467. The lowest BCUT2D eigenvalue weighted by Crippen LogP contribution is -2.30. The molecule has 2 aromatic rings. The minimum absolute atomic E-state index is 0.467. The normalized spacial score (nSPS) is 11.2. The number of hydrogen-bond acceptors (Lipinski definition) is 3. The molecule has 1 aromatic heterocycles. The second-order valence-corrected chi connectivity index (χ2v) is 5.51. The highest BCUT2D eigenvalue weighted by Gasteiger charge is 2.11. The number of nitrogen functional groups attached to an aromatic ring is 1. The van der Waals surface area contributed by atoms with Gasteiger partial charge < -0.3 is 5.73 Å². The van der Waals surface area contributed by atoms with Crippen LogP contribution in [0.3, 0.4) is 0 Å². The van der Waals surface area contributed by atoms with Crippen molar-refractivity contribution in [3.8, 4) is 0 Å². The summed E-state index contributed by atoms with van der Waals surface area (Å²) in [5.41, 5.74) is 10.0. The Bertz CT molecular complexity index is 546. The van der Waals surface area contributed by atoms with Crippen molar-refractivity contribution in [1.82, 2.24) is 9.88 Å². The van der Waals surface area contributed by atoms with E-state index >= 15 is 0 Å². The Morgan fingerprint density at radius 1 is 1.05 bits per heavy atom. The minimum Gasteiger partial charge on any atom is -0.399 e. The summed E-state index contributed by atoms with van der Waals surface area (Å²) in [6.07, 6.45) is 0. The number of hydrogen-bond donors (Lipinski definition) is 1. The van der Waals surface area contributed by atoms with Gasteiger partial charge in [0.15, 0.2) is 0 Å². The fraction of sp³-hybridized carbons (Fsp3) is 0.353. The third-order valence-electron chi connectivity index (χ3n) is 3.41. The highest BCUT2D eigenvalue weighted by atomic mass is 15.1. The number of nitrogens with two attached hydrogens (primary N) is 1. The third kappa shape index (κ3) is 4.07. The Morgan fingerprint density at radius 3 is 2.35 bits per heavy atom. The fourth-order valence-corrected chi connectivity index (χ4v) is 2.17. The van der Waals surface area contributed by atoms with Crippen LogP contribution in [0, 0.1) is 6.92 Å². The predicted molar refractivity (Wildman–Crippen MR) is 84.2 cm³/mol. The molecule has 0 saturated carbocycles. The van der Waals surface area contributed by atoms with E-state index in [4.69, 9.17) is 5.73 Å². The summed E-state index contributed by atoms with van der Waals surface area (Å²) in [5, 5.41) is 0. The second kappa shape index (κ2) is 6.53. The lowest BCUT2D eigenvalue weighted by Gasteiger charge is -2.26. The number of aryl methyl sites for hydroxylation is 1. The average Bonchev–Trinajstić information content (AvgIpc) is 2.40. The molecule has 0 unspecified atom stereocenters. The molecular formula is C17H23N3. The van der Waals surface area contributed by atoms with Crippen LogP contribution in [0.2, 0.25) is 0 Å². The lowest BCUT2D eigenvalue weighted by molar-refractivity contribution is 0.201. The van der Waals surface area contributed by atoms with Crippen LogP contribution in [0.25, 0.3) is 0 Å². The number of benzene rings is 1. The van der Waals surface area contributed by atoms with Crippen molar-refractivity contribution in [3.63, 3.8) is 0 Å². The summed E-state index contributed by atoms with van der Waals surface area (Å²) in [6, 6.07) is 14.8. The van der Waals surface area contributed by atoms with Crippen LogP contribution in [-0.4, -0.2) is 15.9 Å². The molecule has 2 rings (SSSR count). The van der Waals surface area contributed by atoms with E-state index in [0.717, 1.165) is 30.2 Å². The highest BCUT2D eigenvalue weighted by Crippen LogP contribution is 2.14. The maximum Gasteiger partial charge on any atom is 0.0547 e. The van der Waals surface area contributed by atoms with E-state index in [1.807, 2.05) is 25.1 Å². The molecule has 3 heteroatoms. The third-order valence-corrected chi connectivity index (χ3v) is 3.41. The first-order chi connectivity index (χ1) is 9.54. The van der Waals surface area contributed by atoms with Crippen LogP contribution in [0.15, 0.2) is 42.5 Å². The molecule has 2 N–H and O–H groups in total. The number of anilines is 1. The van der Waals surface area contributed by atoms with Crippen molar-refractivity contribution in [3.05, 3.63) is 59.4 Å². The molecule has 3 nitrogen and oxygen atoms in total. The van der Waals surface area contributed by atoms with Gasteiger partial charge in [-0.05, 0) is 50.6 Å². The van der Waals surface area contributed by atoms with E-state index in [-0.39, 0.29) is 0 Å². The van der Waals surface area contributed by atoms with E-state index in [2.05, 4.69) is 48.0 Å². The second-order valence-electron chi connectivity index (χ2n) is 5.51. The maximum atomic E-state index is 5.73. The monoisotopic (exact) mass is 269 g/mol. The van der Waals surface area contributed by atoms with Gasteiger partial charge in [0.05, 0.1) is 5.69 Å². The summed E-state index contributed by atoms with van der Waals surface area (Å²) < 4.78 is 0. The van der Waals surface area contributed by atoms with Crippen LogP contribution >= 0.6 is 0 Å². The first-order valence-electron chi connectivity index (χ1n) is 7.05. The van der Waals surface area contributed by atoms with Crippen molar-refractivity contribution in [2.24, 2.45) is 0 Å². The van der Waals surface area contributed by atoms with E-state index in [1.165, 1.54) is 5.56 Å². The SMILES string of the molecule is Cc1cccc(CN(Cc2ccc(N)cc2)C(C)C)n1. The summed E-state index contributed by atoms with van der Waals surface area (Å²) in [6.45, 7) is 8.24. The molecular weight excluding hydrogens is 246 g/mol. The summed E-state index contributed by atoms with van der Waals surface area (Å²) in [5.74, 6) is 0. The molecule has 0 amide bonds. The summed E-state index contributed by atoms with van der Waals surface area (Å²) in [7, 11) is 0. The van der Waals surface area contributed by atoms with Gasteiger partial charge in [-0.25, -0.2) is 0 Å². The van der Waals surface area contributed by atoms with Gasteiger partial charge in [-0.1, -0.05) is 18.2 Å². The molecule has 0 radical (unpaired) electrons. The zero-order valence-corrected chi connectivity index (χ0v) is 12.5. The molecule has 0 aliphatic heterocycles. The zero-order valence-electron chi connectivity index (χ0n) is 12.5. The van der Waals surface area contributed by atoms with E-state index in [1.54, 1.807) is 0 Å². The van der Waals surface area contributed by atoms with Crippen LogP contribution < -0.4 is 5.73 Å².